The maximum atomic E-state index is 5.94. The zero-order valence-corrected chi connectivity index (χ0v) is 12.9. The minimum atomic E-state index is 0.0679. The lowest BCUT2D eigenvalue weighted by molar-refractivity contribution is 0.275. The maximum absolute atomic E-state index is 5.94. The minimum Gasteiger partial charge on any atom is -0.366 e. The molecule has 4 heteroatoms. The third-order valence-electron chi connectivity index (χ3n) is 3.64. The van der Waals surface area contributed by atoms with Crippen molar-refractivity contribution >= 4 is 21.6 Å². The summed E-state index contributed by atoms with van der Waals surface area (Å²) in [7, 11) is 2.18. The molecule has 0 aliphatic carbocycles. The predicted molar refractivity (Wildman–Crippen MR) is 81.0 cm³/mol. The van der Waals surface area contributed by atoms with Crippen LogP contribution in [0, 0.1) is 0 Å². The molecule has 1 aromatic carbocycles. The molecule has 0 radical (unpaired) electrons. The van der Waals surface area contributed by atoms with Crippen LogP contribution in [0.1, 0.15) is 25.5 Å². The largest absolute Gasteiger partial charge is 0.366 e. The monoisotopic (exact) mass is 311 g/mol. The second-order valence-electron chi connectivity index (χ2n) is 5.30. The van der Waals surface area contributed by atoms with Crippen LogP contribution in [-0.2, 0) is 0 Å². The number of piperazine rings is 1. The SMILES string of the molecule is CC(N)c1ccc(N2CCN(C)CC2C)cc1Br. The van der Waals surface area contributed by atoms with Gasteiger partial charge < -0.3 is 15.5 Å². The molecule has 1 heterocycles. The van der Waals surface area contributed by atoms with Crippen LogP contribution in [0.5, 0.6) is 0 Å². The van der Waals surface area contributed by atoms with Gasteiger partial charge in [-0.15, -0.1) is 0 Å². The molecule has 18 heavy (non-hydrogen) atoms. The Balaban J connectivity index is 2.21. The van der Waals surface area contributed by atoms with Gasteiger partial charge in [-0.1, -0.05) is 22.0 Å². The van der Waals surface area contributed by atoms with Crippen LogP contribution in [-0.4, -0.2) is 37.6 Å². The Labute approximate surface area is 118 Å². The van der Waals surface area contributed by atoms with E-state index in [-0.39, 0.29) is 6.04 Å². The Hall–Kier alpha value is -0.580. The van der Waals surface area contributed by atoms with Gasteiger partial charge in [0.15, 0.2) is 0 Å². The van der Waals surface area contributed by atoms with Crippen molar-refractivity contribution in [2.24, 2.45) is 5.73 Å². The molecule has 1 aliphatic heterocycles. The highest BCUT2D eigenvalue weighted by Gasteiger charge is 2.22. The normalized spacial score (nSPS) is 23.2. The quantitative estimate of drug-likeness (QED) is 0.911. The van der Waals surface area contributed by atoms with Crippen molar-refractivity contribution in [3.8, 4) is 0 Å². The summed E-state index contributed by atoms with van der Waals surface area (Å²) in [5.41, 5.74) is 8.39. The van der Waals surface area contributed by atoms with Crippen LogP contribution in [0.25, 0.3) is 0 Å². The third-order valence-corrected chi connectivity index (χ3v) is 4.32. The number of benzene rings is 1. The van der Waals surface area contributed by atoms with Crippen molar-refractivity contribution in [2.45, 2.75) is 25.9 Å². The van der Waals surface area contributed by atoms with Crippen LogP contribution in [0.3, 0.4) is 0 Å². The average Bonchev–Trinajstić information content (AvgIpc) is 2.28. The Morgan fingerprint density at radius 1 is 1.39 bits per heavy atom. The summed E-state index contributed by atoms with van der Waals surface area (Å²) >= 11 is 3.63. The van der Waals surface area contributed by atoms with E-state index in [9.17, 15) is 0 Å². The molecule has 0 spiro atoms. The van der Waals surface area contributed by atoms with Crippen LogP contribution in [0.15, 0.2) is 22.7 Å². The van der Waals surface area contributed by atoms with E-state index in [0.29, 0.717) is 6.04 Å². The van der Waals surface area contributed by atoms with E-state index in [0.717, 1.165) is 24.1 Å². The van der Waals surface area contributed by atoms with Crippen LogP contribution >= 0.6 is 15.9 Å². The van der Waals surface area contributed by atoms with Gasteiger partial charge in [0, 0.05) is 41.9 Å². The van der Waals surface area contributed by atoms with Crippen LogP contribution in [0.2, 0.25) is 0 Å². The summed E-state index contributed by atoms with van der Waals surface area (Å²) in [5, 5.41) is 0. The third kappa shape index (κ3) is 2.87. The fourth-order valence-corrected chi connectivity index (χ4v) is 3.32. The minimum absolute atomic E-state index is 0.0679. The lowest BCUT2D eigenvalue weighted by atomic mass is 10.1. The molecule has 1 aliphatic rings. The van der Waals surface area contributed by atoms with Crippen molar-refractivity contribution in [1.82, 2.24) is 4.90 Å². The van der Waals surface area contributed by atoms with Crippen molar-refractivity contribution in [3.63, 3.8) is 0 Å². The number of hydrogen-bond donors (Lipinski definition) is 1. The first-order chi connectivity index (χ1) is 8.49. The summed E-state index contributed by atoms with van der Waals surface area (Å²) in [6.07, 6.45) is 0. The second-order valence-corrected chi connectivity index (χ2v) is 6.15. The number of likely N-dealkylation sites (N-methyl/N-ethyl adjacent to an activating group) is 1. The van der Waals surface area contributed by atoms with Gasteiger partial charge in [-0.05, 0) is 38.6 Å². The van der Waals surface area contributed by atoms with Crippen LogP contribution in [0.4, 0.5) is 5.69 Å². The molecule has 2 N–H and O–H groups in total. The number of anilines is 1. The number of rotatable bonds is 2. The number of halogens is 1. The molecule has 100 valence electrons. The summed E-state index contributed by atoms with van der Waals surface area (Å²) < 4.78 is 1.11. The fourth-order valence-electron chi connectivity index (χ4n) is 2.59. The van der Waals surface area contributed by atoms with Gasteiger partial charge in [0.25, 0.3) is 0 Å². The first-order valence-electron chi connectivity index (χ1n) is 6.49. The van der Waals surface area contributed by atoms with E-state index in [1.54, 1.807) is 0 Å². The molecular formula is C14H22BrN3. The summed E-state index contributed by atoms with van der Waals surface area (Å²) in [6, 6.07) is 7.14. The van der Waals surface area contributed by atoms with E-state index in [1.807, 2.05) is 6.92 Å². The van der Waals surface area contributed by atoms with Crippen molar-refractivity contribution in [2.75, 3.05) is 31.6 Å². The van der Waals surface area contributed by atoms with Gasteiger partial charge in [0.1, 0.15) is 0 Å². The smallest absolute Gasteiger partial charge is 0.0389 e. The second kappa shape index (κ2) is 5.59. The summed E-state index contributed by atoms with van der Waals surface area (Å²) in [6.45, 7) is 7.62. The zero-order valence-electron chi connectivity index (χ0n) is 11.4. The lowest BCUT2D eigenvalue weighted by Crippen LogP contribution is -2.50. The Bertz CT molecular complexity index is 420. The first kappa shape index (κ1) is 13.8. The molecule has 2 rings (SSSR count). The molecule has 0 aromatic heterocycles. The van der Waals surface area contributed by atoms with E-state index >= 15 is 0 Å². The molecule has 1 saturated heterocycles. The molecule has 0 saturated carbocycles. The molecule has 1 fully saturated rings. The van der Waals surface area contributed by atoms with Gasteiger partial charge >= 0.3 is 0 Å². The highest BCUT2D eigenvalue weighted by molar-refractivity contribution is 9.10. The molecular weight excluding hydrogens is 290 g/mol. The van der Waals surface area contributed by atoms with Crippen molar-refractivity contribution in [3.05, 3.63) is 28.2 Å². The molecule has 1 aromatic rings. The van der Waals surface area contributed by atoms with Crippen molar-refractivity contribution in [1.29, 1.82) is 0 Å². The van der Waals surface area contributed by atoms with E-state index in [4.69, 9.17) is 5.73 Å². The highest BCUT2D eigenvalue weighted by atomic mass is 79.9. The Morgan fingerprint density at radius 3 is 2.67 bits per heavy atom. The average molecular weight is 312 g/mol. The number of nitrogens with two attached hydrogens (primary N) is 1. The summed E-state index contributed by atoms with van der Waals surface area (Å²) in [4.78, 5) is 4.85. The van der Waals surface area contributed by atoms with Gasteiger partial charge in [-0.25, -0.2) is 0 Å². The Kier molecular flexibility index (Phi) is 4.30. The van der Waals surface area contributed by atoms with E-state index in [2.05, 4.69) is 57.9 Å². The van der Waals surface area contributed by atoms with Crippen molar-refractivity contribution < 1.29 is 0 Å². The number of nitrogens with zero attached hydrogens (tertiary/aromatic N) is 2. The number of hydrogen-bond acceptors (Lipinski definition) is 3. The van der Waals surface area contributed by atoms with Gasteiger partial charge in [-0.2, -0.15) is 0 Å². The first-order valence-corrected chi connectivity index (χ1v) is 7.28. The maximum Gasteiger partial charge on any atom is 0.0389 e. The standard InChI is InChI=1S/C14H22BrN3/c1-10-9-17(3)6-7-18(10)12-4-5-13(11(2)16)14(15)8-12/h4-5,8,10-11H,6-7,9,16H2,1-3H3. The van der Waals surface area contributed by atoms with E-state index < -0.39 is 0 Å². The van der Waals surface area contributed by atoms with Gasteiger partial charge in [0.05, 0.1) is 0 Å². The molecule has 0 bridgehead atoms. The zero-order chi connectivity index (χ0) is 13.3. The fraction of sp³-hybridized carbons (Fsp3) is 0.571. The molecule has 0 amide bonds. The highest BCUT2D eigenvalue weighted by Crippen LogP contribution is 2.29. The van der Waals surface area contributed by atoms with Crippen LogP contribution < -0.4 is 10.6 Å². The van der Waals surface area contributed by atoms with Gasteiger partial charge in [0.2, 0.25) is 0 Å². The van der Waals surface area contributed by atoms with Gasteiger partial charge in [-0.3, -0.25) is 0 Å². The van der Waals surface area contributed by atoms with E-state index in [1.165, 1.54) is 11.3 Å². The topological polar surface area (TPSA) is 32.5 Å². The molecule has 2 atom stereocenters. The molecule has 2 unspecified atom stereocenters. The predicted octanol–water partition coefficient (Wildman–Crippen LogP) is 2.61. The Morgan fingerprint density at radius 2 is 2.11 bits per heavy atom. The lowest BCUT2D eigenvalue weighted by Gasteiger charge is -2.40. The summed E-state index contributed by atoms with van der Waals surface area (Å²) in [5.74, 6) is 0. The molecule has 3 nitrogen and oxygen atoms in total.